The first-order valence-corrected chi connectivity index (χ1v) is 10.8. The van der Waals surface area contributed by atoms with E-state index in [1.165, 1.54) is 17.0 Å². The molecule has 0 radical (unpaired) electrons. The van der Waals surface area contributed by atoms with Crippen LogP contribution in [0, 0.1) is 6.92 Å². The van der Waals surface area contributed by atoms with Gasteiger partial charge >= 0.3 is 5.97 Å². The summed E-state index contributed by atoms with van der Waals surface area (Å²) >= 11 is 0. The van der Waals surface area contributed by atoms with E-state index < -0.39 is 17.9 Å². The standard InChI is InChI=1S/C25H28N2O5/c1-5-17(4)26(23(29)20-10-8-7-9-16(20)3)21-15-22(28)27(24(21)30)19-13-11-18(12-14-19)25(31)32-6-2/h7-14,17,21H,5-6,15H2,1-4H3. The second kappa shape index (κ2) is 9.77. The molecule has 2 unspecified atom stereocenters. The summed E-state index contributed by atoms with van der Waals surface area (Å²) in [5.74, 6) is -1.55. The van der Waals surface area contributed by atoms with Crippen molar-refractivity contribution in [3.63, 3.8) is 0 Å². The summed E-state index contributed by atoms with van der Waals surface area (Å²) in [6, 6.07) is 12.2. The van der Waals surface area contributed by atoms with Gasteiger partial charge in [0, 0.05) is 11.6 Å². The Balaban J connectivity index is 1.90. The fourth-order valence-corrected chi connectivity index (χ4v) is 3.86. The van der Waals surface area contributed by atoms with Gasteiger partial charge in [0.15, 0.2) is 0 Å². The van der Waals surface area contributed by atoms with Crippen LogP contribution in [0.3, 0.4) is 0 Å². The molecule has 7 nitrogen and oxygen atoms in total. The summed E-state index contributed by atoms with van der Waals surface area (Å²) in [6.45, 7) is 7.64. The fourth-order valence-electron chi connectivity index (χ4n) is 3.86. The highest BCUT2D eigenvalue weighted by molar-refractivity contribution is 6.23. The molecule has 7 heteroatoms. The summed E-state index contributed by atoms with van der Waals surface area (Å²) in [6.07, 6.45) is 0.560. The lowest BCUT2D eigenvalue weighted by Crippen LogP contribution is -2.49. The predicted molar refractivity (Wildman–Crippen MR) is 120 cm³/mol. The Labute approximate surface area is 188 Å². The maximum absolute atomic E-state index is 13.4. The van der Waals surface area contributed by atoms with Crippen molar-refractivity contribution < 1.29 is 23.9 Å². The Morgan fingerprint density at radius 1 is 1.09 bits per heavy atom. The van der Waals surface area contributed by atoms with Crippen LogP contribution in [-0.2, 0) is 14.3 Å². The quantitative estimate of drug-likeness (QED) is 0.488. The van der Waals surface area contributed by atoms with Crippen molar-refractivity contribution in [1.82, 2.24) is 4.90 Å². The molecule has 1 aliphatic rings. The van der Waals surface area contributed by atoms with E-state index in [9.17, 15) is 19.2 Å². The number of rotatable bonds is 7. The smallest absolute Gasteiger partial charge is 0.338 e. The van der Waals surface area contributed by atoms with E-state index in [2.05, 4.69) is 0 Å². The number of esters is 1. The number of imide groups is 1. The van der Waals surface area contributed by atoms with Crippen LogP contribution in [0.2, 0.25) is 0 Å². The molecule has 0 bridgehead atoms. The molecular formula is C25H28N2O5. The third-order valence-corrected chi connectivity index (χ3v) is 5.77. The minimum atomic E-state index is -0.880. The van der Waals surface area contributed by atoms with Gasteiger partial charge in [-0.1, -0.05) is 25.1 Å². The summed E-state index contributed by atoms with van der Waals surface area (Å²) in [4.78, 5) is 54.1. The molecule has 0 saturated carbocycles. The Morgan fingerprint density at radius 2 is 1.75 bits per heavy atom. The molecule has 1 heterocycles. The van der Waals surface area contributed by atoms with Gasteiger partial charge in [0.25, 0.3) is 11.8 Å². The summed E-state index contributed by atoms with van der Waals surface area (Å²) in [7, 11) is 0. The van der Waals surface area contributed by atoms with Gasteiger partial charge in [-0.05, 0) is 63.1 Å². The number of carbonyl (C=O) groups excluding carboxylic acids is 4. The van der Waals surface area contributed by atoms with Gasteiger partial charge in [0.1, 0.15) is 6.04 Å². The molecule has 32 heavy (non-hydrogen) atoms. The van der Waals surface area contributed by atoms with Gasteiger partial charge in [-0.3, -0.25) is 14.4 Å². The number of aryl methyl sites for hydroxylation is 1. The number of amides is 3. The SMILES string of the molecule is CCOC(=O)c1ccc(N2C(=O)CC(N(C(=O)c3ccccc3C)C(C)CC)C2=O)cc1. The summed E-state index contributed by atoms with van der Waals surface area (Å²) in [5, 5.41) is 0. The Morgan fingerprint density at radius 3 is 2.34 bits per heavy atom. The maximum Gasteiger partial charge on any atom is 0.338 e. The van der Waals surface area contributed by atoms with Gasteiger partial charge in [0.2, 0.25) is 5.91 Å². The topological polar surface area (TPSA) is 84.0 Å². The van der Waals surface area contributed by atoms with E-state index in [0.717, 1.165) is 10.5 Å². The van der Waals surface area contributed by atoms with E-state index in [1.807, 2.05) is 32.9 Å². The van der Waals surface area contributed by atoms with Gasteiger partial charge in [-0.15, -0.1) is 0 Å². The van der Waals surface area contributed by atoms with Crippen LogP contribution in [0.4, 0.5) is 5.69 Å². The highest BCUT2D eigenvalue weighted by atomic mass is 16.5. The van der Waals surface area contributed by atoms with E-state index in [-0.39, 0.29) is 30.9 Å². The van der Waals surface area contributed by atoms with Crippen LogP contribution < -0.4 is 4.90 Å². The number of benzene rings is 2. The first-order valence-electron chi connectivity index (χ1n) is 10.8. The van der Waals surface area contributed by atoms with Crippen molar-refractivity contribution in [2.45, 2.75) is 52.6 Å². The van der Waals surface area contributed by atoms with Crippen molar-refractivity contribution in [3.8, 4) is 0 Å². The lowest BCUT2D eigenvalue weighted by Gasteiger charge is -2.33. The Kier molecular flexibility index (Phi) is 7.08. The second-order valence-corrected chi connectivity index (χ2v) is 7.84. The summed E-state index contributed by atoms with van der Waals surface area (Å²) in [5.41, 5.74) is 2.03. The molecular weight excluding hydrogens is 408 g/mol. The molecule has 0 spiro atoms. The van der Waals surface area contributed by atoms with Crippen LogP contribution in [0.25, 0.3) is 0 Å². The number of ether oxygens (including phenoxy) is 1. The third-order valence-electron chi connectivity index (χ3n) is 5.77. The average molecular weight is 437 g/mol. The highest BCUT2D eigenvalue weighted by Crippen LogP contribution is 2.29. The molecule has 2 aromatic carbocycles. The van der Waals surface area contributed by atoms with E-state index in [1.54, 1.807) is 31.2 Å². The average Bonchev–Trinajstić information content (AvgIpc) is 3.07. The molecule has 0 N–H and O–H groups in total. The molecule has 1 saturated heterocycles. The fraction of sp³-hybridized carbons (Fsp3) is 0.360. The molecule has 1 fully saturated rings. The zero-order valence-electron chi connectivity index (χ0n) is 18.8. The van der Waals surface area contributed by atoms with Gasteiger partial charge < -0.3 is 9.64 Å². The number of nitrogens with zero attached hydrogens (tertiary/aromatic N) is 2. The monoisotopic (exact) mass is 436 g/mol. The van der Waals surface area contributed by atoms with Crippen LogP contribution in [-0.4, -0.2) is 47.3 Å². The lowest BCUT2D eigenvalue weighted by atomic mass is 10.0. The van der Waals surface area contributed by atoms with Gasteiger partial charge in [-0.2, -0.15) is 0 Å². The van der Waals surface area contributed by atoms with Crippen LogP contribution in [0.5, 0.6) is 0 Å². The normalized spacial score (nSPS) is 16.8. The second-order valence-electron chi connectivity index (χ2n) is 7.84. The van der Waals surface area contributed by atoms with Crippen molar-refractivity contribution in [2.75, 3.05) is 11.5 Å². The molecule has 2 atom stereocenters. The minimum absolute atomic E-state index is 0.0829. The largest absolute Gasteiger partial charge is 0.462 e. The van der Waals surface area contributed by atoms with Crippen LogP contribution in [0.1, 0.15) is 59.9 Å². The number of hydrogen-bond acceptors (Lipinski definition) is 5. The lowest BCUT2D eigenvalue weighted by molar-refractivity contribution is -0.122. The highest BCUT2D eigenvalue weighted by Gasteiger charge is 2.45. The number of hydrogen-bond donors (Lipinski definition) is 0. The zero-order valence-corrected chi connectivity index (χ0v) is 18.8. The van der Waals surface area contributed by atoms with Crippen molar-refractivity contribution >= 4 is 29.4 Å². The minimum Gasteiger partial charge on any atom is -0.462 e. The van der Waals surface area contributed by atoms with E-state index in [4.69, 9.17) is 4.74 Å². The Bertz CT molecular complexity index is 1030. The van der Waals surface area contributed by atoms with E-state index >= 15 is 0 Å². The molecule has 2 aromatic rings. The van der Waals surface area contributed by atoms with Crippen LogP contribution >= 0.6 is 0 Å². The molecule has 168 valence electrons. The third kappa shape index (κ3) is 4.42. The molecule has 0 aliphatic carbocycles. The molecule has 3 amide bonds. The molecule has 1 aliphatic heterocycles. The van der Waals surface area contributed by atoms with Crippen molar-refractivity contribution in [2.24, 2.45) is 0 Å². The number of anilines is 1. The number of carbonyl (C=O) groups is 4. The summed E-state index contributed by atoms with van der Waals surface area (Å²) < 4.78 is 4.97. The molecule has 3 rings (SSSR count). The first kappa shape index (κ1) is 23.2. The predicted octanol–water partition coefficient (Wildman–Crippen LogP) is 3.74. The zero-order chi connectivity index (χ0) is 23.4. The van der Waals surface area contributed by atoms with Gasteiger partial charge in [0.05, 0.1) is 24.3 Å². The van der Waals surface area contributed by atoms with Crippen molar-refractivity contribution in [3.05, 3.63) is 65.2 Å². The van der Waals surface area contributed by atoms with Crippen molar-refractivity contribution in [1.29, 1.82) is 0 Å². The first-order chi connectivity index (χ1) is 15.3. The van der Waals surface area contributed by atoms with Gasteiger partial charge in [-0.25, -0.2) is 9.69 Å². The van der Waals surface area contributed by atoms with Crippen LogP contribution in [0.15, 0.2) is 48.5 Å². The van der Waals surface area contributed by atoms with E-state index in [0.29, 0.717) is 23.2 Å². The Hall–Kier alpha value is -3.48. The maximum atomic E-state index is 13.4. The molecule has 0 aromatic heterocycles.